The molecule has 0 radical (unpaired) electrons. The third-order valence-electron chi connectivity index (χ3n) is 11.8. The van der Waals surface area contributed by atoms with E-state index in [9.17, 15) is 0 Å². The number of benzene rings is 10. The highest BCUT2D eigenvalue weighted by molar-refractivity contribution is 6.10. The molecular weight excluding hydrogens is 725 g/mol. The summed E-state index contributed by atoms with van der Waals surface area (Å²) < 4.78 is 2.43. The van der Waals surface area contributed by atoms with Crippen molar-refractivity contribution in [3.63, 3.8) is 0 Å². The van der Waals surface area contributed by atoms with Crippen molar-refractivity contribution in [2.24, 2.45) is 0 Å². The maximum atomic E-state index is 2.44. The summed E-state index contributed by atoms with van der Waals surface area (Å²) in [5.74, 6) is 0. The van der Waals surface area contributed by atoms with Crippen LogP contribution in [0.3, 0.4) is 0 Å². The molecular formula is C58H40N2. The lowest BCUT2D eigenvalue weighted by Gasteiger charge is -2.30. The molecule has 0 aliphatic carbocycles. The van der Waals surface area contributed by atoms with Crippen LogP contribution in [0.2, 0.25) is 0 Å². The van der Waals surface area contributed by atoms with Crippen LogP contribution in [0.5, 0.6) is 0 Å². The van der Waals surface area contributed by atoms with Crippen LogP contribution < -0.4 is 4.90 Å². The van der Waals surface area contributed by atoms with Gasteiger partial charge in [-0.3, -0.25) is 0 Å². The van der Waals surface area contributed by atoms with Crippen molar-refractivity contribution in [2.75, 3.05) is 4.90 Å². The predicted octanol–water partition coefficient (Wildman–Crippen LogP) is 16.1. The average molecular weight is 765 g/mol. The molecule has 2 nitrogen and oxygen atoms in total. The largest absolute Gasteiger partial charge is 0.308 e. The van der Waals surface area contributed by atoms with Crippen LogP contribution >= 0.6 is 0 Å². The van der Waals surface area contributed by atoms with Crippen molar-refractivity contribution in [2.45, 2.75) is 0 Å². The standard InChI is InChI=1S/C58H40N2/c1-2-16-41(17-3-1)46-21-15-23-49(40-46)51-24-6-9-27-54(51)59(57-30-12-13-31-58(57)60-55-28-10-7-25-52(55)53-26-8-11-29-56(53)60)50-36-34-43(35-37-50)45-20-14-22-47(38-45)48-33-32-42-18-4-5-19-44(42)39-48/h1-40H. The third-order valence-corrected chi connectivity index (χ3v) is 11.8. The van der Waals surface area contributed by atoms with Gasteiger partial charge in [0.05, 0.1) is 28.1 Å². The van der Waals surface area contributed by atoms with Crippen molar-refractivity contribution >= 4 is 49.6 Å². The van der Waals surface area contributed by atoms with Gasteiger partial charge in [0.1, 0.15) is 0 Å². The molecule has 11 rings (SSSR count). The topological polar surface area (TPSA) is 8.17 Å². The molecule has 2 heteroatoms. The number of para-hydroxylation sites is 5. The Hall–Kier alpha value is -7.94. The van der Waals surface area contributed by atoms with Gasteiger partial charge in [-0.15, -0.1) is 0 Å². The molecule has 1 heterocycles. The molecule has 60 heavy (non-hydrogen) atoms. The van der Waals surface area contributed by atoms with E-state index in [0.29, 0.717) is 0 Å². The summed E-state index contributed by atoms with van der Waals surface area (Å²) in [4.78, 5) is 2.44. The van der Waals surface area contributed by atoms with Gasteiger partial charge in [-0.25, -0.2) is 0 Å². The summed E-state index contributed by atoms with van der Waals surface area (Å²) in [6.07, 6.45) is 0. The second-order valence-electron chi connectivity index (χ2n) is 15.3. The number of fused-ring (bicyclic) bond motifs is 4. The molecule has 0 unspecified atom stereocenters. The first kappa shape index (κ1) is 35.2. The summed E-state index contributed by atoms with van der Waals surface area (Å²) in [7, 11) is 0. The zero-order chi connectivity index (χ0) is 39.8. The highest BCUT2D eigenvalue weighted by atomic mass is 15.2. The zero-order valence-electron chi connectivity index (χ0n) is 33.0. The SMILES string of the molecule is c1ccc(-c2cccc(-c3ccccc3N(c3ccc(-c4cccc(-c5ccc6ccccc6c5)c4)cc3)c3ccccc3-n3c4ccccc4c4ccccc43)c2)cc1. The number of hydrogen-bond donors (Lipinski definition) is 0. The molecule has 0 aliphatic heterocycles. The van der Waals surface area contributed by atoms with Gasteiger partial charge >= 0.3 is 0 Å². The smallest absolute Gasteiger partial charge is 0.0702 e. The van der Waals surface area contributed by atoms with E-state index >= 15 is 0 Å². The zero-order valence-corrected chi connectivity index (χ0v) is 33.0. The Labute approximate surface area is 350 Å². The average Bonchev–Trinajstić information content (AvgIpc) is 3.67. The van der Waals surface area contributed by atoms with Crippen molar-refractivity contribution in [1.82, 2.24) is 4.57 Å². The third kappa shape index (κ3) is 6.32. The molecule has 0 atom stereocenters. The van der Waals surface area contributed by atoms with Crippen LogP contribution in [0.1, 0.15) is 0 Å². The normalized spacial score (nSPS) is 11.3. The Bertz CT molecular complexity index is 3270. The minimum absolute atomic E-state index is 1.07. The second kappa shape index (κ2) is 15.1. The molecule has 0 amide bonds. The monoisotopic (exact) mass is 764 g/mol. The van der Waals surface area contributed by atoms with Crippen molar-refractivity contribution in [3.8, 4) is 50.2 Å². The first-order chi connectivity index (χ1) is 29.8. The Balaban J connectivity index is 1.08. The van der Waals surface area contributed by atoms with Gasteiger partial charge in [0.15, 0.2) is 0 Å². The summed E-state index contributed by atoms with van der Waals surface area (Å²) in [5.41, 5.74) is 16.2. The van der Waals surface area contributed by atoms with E-state index in [1.165, 1.54) is 66.0 Å². The van der Waals surface area contributed by atoms with E-state index in [2.05, 4.69) is 252 Å². The molecule has 0 saturated carbocycles. The molecule has 0 fully saturated rings. The molecule has 0 saturated heterocycles. The van der Waals surface area contributed by atoms with E-state index in [-0.39, 0.29) is 0 Å². The van der Waals surface area contributed by atoms with Gasteiger partial charge in [-0.1, -0.05) is 182 Å². The Kier molecular flexibility index (Phi) is 8.87. The van der Waals surface area contributed by atoms with Crippen LogP contribution in [0.25, 0.3) is 82.8 Å². The van der Waals surface area contributed by atoms with Crippen LogP contribution in [0.15, 0.2) is 243 Å². The minimum atomic E-state index is 1.07. The van der Waals surface area contributed by atoms with E-state index in [1.54, 1.807) is 0 Å². The van der Waals surface area contributed by atoms with Gasteiger partial charge in [-0.2, -0.15) is 0 Å². The molecule has 0 aliphatic rings. The summed E-state index contributed by atoms with van der Waals surface area (Å²) in [6, 6.07) is 88.0. The van der Waals surface area contributed by atoms with Crippen LogP contribution in [-0.2, 0) is 0 Å². The fourth-order valence-electron chi connectivity index (χ4n) is 8.89. The van der Waals surface area contributed by atoms with Crippen LogP contribution in [0.4, 0.5) is 17.1 Å². The lowest BCUT2D eigenvalue weighted by Crippen LogP contribution is -2.14. The fourth-order valence-corrected chi connectivity index (χ4v) is 8.89. The first-order valence-corrected chi connectivity index (χ1v) is 20.6. The molecule has 0 N–H and O–H groups in total. The maximum Gasteiger partial charge on any atom is 0.0702 e. The summed E-state index contributed by atoms with van der Waals surface area (Å²) in [5, 5.41) is 4.98. The van der Waals surface area contributed by atoms with Gasteiger partial charge < -0.3 is 9.47 Å². The molecule has 0 spiro atoms. The van der Waals surface area contributed by atoms with Crippen molar-refractivity contribution in [1.29, 1.82) is 0 Å². The van der Waals surface area contributed by atoms with E-state index in [1.807, 2.05) is 0 Å². The van der Waals surface area contributed by atoms with E-state index < -0.39 is 0 Å². The van der Waals surface area contributed by atoms with E-state index in [4.69, 9.17) is 0 Å². The lowest BCUT2D eigenvalue weighted by atomic mass is 9.96. The number of hydrogen-bond acceptors (Lipinski definition) is 1. The molecule has 282 valence electrons. The van der Waals surface area contributed by atoms with Gasteiger partial charge in [0.2, 0.25) is 0 Å². The Morgan fingerprint density at radius 2 is 0.767 bits per heavy atom. The summed E-state index contributed by atoms with van der Waals surface area (Å²) >= 11 is 0. The summed E-state index contributed by atoms with van der Waals surface area (Å²) in [6.45, 7) is 0. The highest BCUT2D eigenvalue weighted by Crippen LogP contribution is 2.45. The van der Waals surface area contributed by atoms with Crippen LogP contribution in [0, 0.1) is 0 Å². The number of rotatable bonds is 8. The number of aromatic nitrogens is 1. The molecule has 1 aromatic heterocycles. The predicted molar refractivity (Wildman–Crippen MR) is 255 cm³/mol. The number of nitrogens with zero attached hydrogens (tertiary/aromatic N) is 2. The Morgan fingerprint density at radius 3 is 1.50 bits per heavy atom. The highest BCUT2D eigenvalue weighted by Gasteiger charge is 2.23. The quantitative estimate of drug-likeness (QED) is 0.150. The fraction of sp³-hybridized carbons (Fsp3) is 0. The second-order valence-corrected chi connectivity index (χ2v) is 15.3. The molecule has 11 aromatic rings. The van der Waals surface area contributed by atoms with Gasteiger partial charge in [-0.05, 0) is 110 Å². The lowest BCUT2D eigenvalue weighted by molar-refractivity contribution is 1.15. The maximum absolute atomic E-state index is 2.44. The van der Waals surface area contributed by atoms with Crippen molar-refractivity contribution in [3.05, 3.63) is 243 Å². The minimum Gasteiger partial charge on any atom is -0.308 e. The first-order valence-electron chi connectivity index (χ1n) is 20.6. The number of anilines is 3. The Morgan fingerprint density at radius 1 is 0.283 bits per heavy atom. The molecule has 10 aromatic carbocycles. The van der Waals surface area contributed by atoms with Crippen LogP contribution in [-0.4, -0.2) is 4.57 Å². The van der Waals surface area contributed by atoms with Crippen molar-refractivity contribution < 1.29 is 0 Å². The molecule has 0 bridgehead atoms. The van der Waals surface area contributed by atoms with Gasteiger partial charge in [0, 0.05) is 22.0 Å². The van der Waals surface area contributed by atoms with Gasteiger partial charge in [0.25, 0.3) is 0 Å². The van der Waals surface area contributed by atoms with E-state index in [0.717, 1.165) is 33.9 Å².